The molecule has 0 spiro atoms. The fraction of sp³-hybridized carbons (Fsp3) is 0.400. The summed E-state index contributed by atoms with van der Waals surface area (Å²) in [5.74, 6) is 0.713. The number of hydrogen-bond donors (Lipinski definition) is 3. The van der Waals surface area contributed by atoms with Gasteiger partial charge >= 0.3 is 11.8 Å². The van der Waals surface area contributed by atoms with Crippen LogP contribution in [0.15, 0.2) is 35.1 Å². The summed E-state index contributed by atoms with van der Waals surface area (Å²) in [6.07, 6.45) is -0.708. The number of aromatic nitrogens is 4. The molecule has 0 saturated carbocycles. The van der Waals surface area contributed by atoms with E-state index in [2.05, 4.69) is 20.2 Å². The molecule has 0 aliphatic carbocycles. The molecule has 1 aromatic carbocycles. The average Bonchev–Trinajstić information content (AvgIpc) is 3.28. The molecule has 3 aromatic rings. The Kier molecular flexibility index (Phi) is 4.52. The van der Waals surface area contributed by atoms with Gasteiger partial charge in [0, 0.05) is 18.4 Å². The largest absolute Gasteiger partial charge is 0.472 e. The Morgan fingerprint density at radius 2 is 2.07 bits per heavy atom. The van der Waals surface area contributed by atoms with Crippen LogP contribution >= 0.6 is 0 Å². The second-order valence-corrected chi connectivity index (χ2v) is 8.29. The van der Waals surface area contributed by atoms with Gasteiger partial charge in [0.25, 0.3) is 0 Å². The van der Waals surface area contributed by atoms with Crippen LogP contribution < -0.4 is 10.4 Å². The molecule has 1 saturated heterocycles. The van der Waals surface area contributed by atoms with Crippen LogP contribution in [0.4, 0.5) is 4.79 Å². The first kappa shape index (κ1) is 19.0. The standard InChI is InChI=1S/C20H23N5O4/c1-20(2,3)15-14(8-9-25(15)19(27)28)29-17-12-7-5-4-6-11(12)10-13(21-17)16-22-18(26)24-23-16/h4-7,10,14-15H,8-9H2,1-3H3,(H,27,28)(H2,22,23,24,26)/t14?,15-/m1/s1. The molecular weight excluding hydrogens is 374 g/mol. The maximum absolute atomic E-state index is 11.7. The van der Waals surface area contributed by atoms with E-state index in [0.717, 1.165) is 10.8 Å². The molecule has 29 heavy (non-hydrogen) atoms. The van der Waals surface area contributed by atoms with Gasteiger partial charge in [0.2, 0.25) is 5.88 Å². The molecule has 0 bridgehead atoms. The highest BCUT2D eigenvalue weighted by Crippen LogP contribution is 2.37. The monoisotopic (exact) mass is 397 g/mol. The van der Waals surface area contributed by atoms with E-state index in [0.29, 0.717) is 30.4 Å². The van der Waals surface area contributed by atoms with Crippen molar-refractivity contribution in [2.45, 2.75) is 39.3 Å². The Morgan fingerprint density at radius 1 is 1.31 bits per heavy atom. The molecule has 1 aliphatic heterocycles. The van der Waals surface area contributed by atoms with E-state index in [1.807, 2.05) is 51.1 Å². The third-order valence-electron chi connectivity index (χ3n) is 5.19. The van der Waals surface area contributed by atoms with Crippen molar-refractivity contribution < 1.29 is 14.6 Å². The Labute approximate surface area is 166 Å². The lowest BCUT2D eigenvalue weighted by Crippen LogP contribution is -2.48. The lowest BCUT2D eigenvalue weighted by molar-refractivity contribution is 0.0560. The maximum Gasteiger partial charge on any atom is 0.407 e. The predicted molar refractivity (Wildman–Crippen MR) is 107 cm³/mol. The number of fused-ring (bicyclic) bond motifs is 1. The highest BCUT2D eigenvalue weighted by Gasteiger charge is 2.45. The molecule has 2 aromatic heterocycles. The highest BCUT2D eigenvalue weighted by molar-refractivity contribution is 5.89. The number of amides is 1. The van der Waals surface area contributed by atoms with Crippen molar-refractivity contribution in [3.63, 3.8) is 0 Å². The van der Waals surface area contributed by atoms with Crippen LogP contribution in [-0.4, -0.2) is 55.0 Å². The third-order valence-corrected chi connectivity index (χ3v) is 5.19. The Morgan fingerprint density at radius 3 is 2.72 bits per heavy atom. The van der Waals surface area contributed by atoms with Crippen molar-refractivity contribution in [2.75, 3.05) is 6.54 Å². The number of pyridine rings is 1. The van der Waals surface area contributed by atoms with E-state index in [1.54, 1.807) is 0 Å². The van der Waals surface area contributed by atoms with Crippen molar-refractivity contribution in [3.05, 3.63) is 40.8 Å². The van der Waals surface area contributed by atoms with Crippen molar-refractivity contribution in [2.24, 2.45) is 5.41 Å². The summed E-state index contributed by atoms with van der Waals surface area (Å²) >= 11 is 0. The van der Waals surface area contributed by atoms with Gasteiger partial charge in [-0.25, -0.2) is 19.7 Å². The van der Waals surface area contributed by atoms with Crippen molar-refractivity contribution in [3.8, 4) is 17.4 Å². The first-order valence-electron chi connectivity index (χ1n) is 9.45. The molecule has 3 heterocycles. The number of H-pyrrole nitrogens is 2. The minimum absolute atomic E-state index is 0.305. The minimum atomic E-state index is -0.948. The molecule has 0 radical (unpaired) electrons. The average molecular weight is 397 g/mol. The number of ether oxygens (including phenoxy) is 1. The molecule has 1 amide bonds. The summed E-state index contributed by atoms with van der Waals surface area (Å²) in [5.41, 5.74) is -0.254. The zero-order chi connectivity index (χ0) is 20.8. The van der Waals surface area contributed by atoms with E-state index in [9.17, 15) is 14.7 Å². The first-order chi connectivity index (χ1) is 13.7. The minimum Gasteiger partial charge on any atom is -0.472 e. The SMILES string of the molecule is CC(C)(C)[C@H]1C(Oc2nc(-c3n[nH]c(=O)[nH]3)cc3ccccc23)CCN1C(=O)O. The molecule has 9 heteroatoms. The molecule has 4 rings (SSSR count). The molecule has 1 fully saturated rings. The van der Waals surface area contributed by atoms with Crippen molar-refractivity contribution in [1.82, 2.24) is 25.1 Å². The van der Waals surface area contributed by atoms with E-state index in [4.69, 9.17) is 4.74 Å². The van der Waals surface area contributed by atoms with Gasteiger partial charge in [0.1, 0.15) is 11.8 Å². The number of benzene rings is 1. The van der Waals surface area contributed by atoms with Gasteiger partial charge in [-0.15, -0.1) is 0 Å². The maximum atomic E-state index is 11.7. The van der Waals surface area contributed by atoms with E-state index in [1.165, 1.54) is 4.90 Å². The van der Waals surface area contributed by atoms with Gasteiger partial charge in [0.05, 0.1) is 6.04 Å². The van der Waals surface area contributed by atoms with Gasteiger partial charge in [-0.1, -0.05) is 39.0 Å². The number of aromatic amines is 2. The molecule has 3 N–H and O–H groups in total. The lowest BCUT2D eigenvalue weighted by atomic mass is 9.84. The van der Waals surface area contributed by atoms with Gasteiger partial charge in [-0.2, -0.15) is 5.10 Å². The zero-order valence-electron chi connectivity index (χ0n) is 16.5. The zero-order valence-corrected chi connectivity index (χ0v) is 16.5. The molecule has 9 nitrogen and oxygen atoms in total. The number of rotatable bonds is 3. The topological polar surface area (TPSA) is 124 Å². The highest BCUT2D eigenvalue weighted by atomic mass is 16.5. The molecule has 152 valence electrons. The number of nitrogens with one attached hydrogen (secondary N) is 2. The van der Waals surface area contributed by atoms with Crippen LogP contribution in [0.3, 0.4) is 0 Å². The Bertz CT molecular complexity index is 1110. The first-order valence-corrected chi connectivity index (χ1v) is 9.45. The number of nitrogens with zero attached hydrogens (tertiary/aromatic N) is 3. The summed E-state index contributed by atoms with van der Waals surface area (Å²) < 4.78 is 6.33. The summed E-state index contributed by atoms with van der Waals surface area (Å²) in [6, 6.07) is 9.15. The van der Waals surface area contributed by atoms with Crippen LogP contribution in [0.25, 0.3) is 22.3 Å². The third kappa shape index (κ3) is 3.55. The fourth-order valence-electron chi connectivity index (χ4n) is 4.04. The number of carboxylic acid groups (broad SMARTS) is 1. The van der Waals surface area contributed by atoms with E-state index < -0.39 is 11.8 Å². The molecular formula is C20H23N5O4. The Hall–Kier alpha value is -3.36. The van der Waals surface area contributed by atoms with Crippen molar-refractivity contribution in [1.29, 1.82) is 0 Å². The summed E-state index contributed by atoms with van der Waals surface area (Å²) in [4.78, 5) is 31.8. The summed E-state index contributed by atoms with van der Waals surface area (Å²) in [6.45, 7) is 6.43. The second kappa shape index (κ2) is 6.91. The van der Waals surface area contributed by atoms with E-state index >= 15 is 0 Å². The summed E-state index contributed by atoms with van der Waals surface area (Å²) in [5, 5.41) is 17.6. The van der Waals surface area contributed by atoms with Crippen LogP contribution in [0.1, 0.15) is 27.2 Å². The lowest BCUT2D eigenvalue weighted by Gasteiger charge is -2.36. The fourth-order valence-corrected chi connectivity index (χ4v) is 4.04. The summed E-state index contributed by atoms with van der Waals surface area (Å²) in [7, 11) is 0. The van der Waals surface area contributed by atoms with Crippen LogP contribution in [0.2, 0.25) is 0 Å². The number of likely N-dealkylation sites (tertiary alicyclic amines) is 1. The van der Waals surface area contributed by atoms with Gasteiger partial charge in [-0.3, -0.25) is 4.98 Å². The quantitative estimate of drug-likeness (QED) is 0.624. The normalized spacial score (nSPS) is 19.6. The number of hydrogen-bond acceptors (Lipinski definition) is 5. The predicted octanol–water partition coefficient (Wildman–Crippen LogP) is 2.86. The van der Waals surface area contributed by atoms with Gasteiger partial charge in [-0.05, 0) is 22.9 Å². The van der Waals surface area contributed by atoms with Crippen LogP contribution in [-0.2, 0) is 0 Å². The van der Waals surface area contributed by atoms with Gasteiger partial charge < -0.3 is 14.7 Å². The molecule has 2 atom stereocenters. The molecule has 1 unspecified atom stereocenters. The van der Waals surface area contributed by atoms with Crippen molar-refractivity contribution >= 4 is 16.9 Å². The smallest absolute Gasteiger partial charge is 0.407 e. The molecule has 1 aliphatic rings. The second-order valence-electron chi connectivity index (χ2n) is 8.29. The van der Waals surface area contributed by atoms with Crippen LogP contribution in [0.5, 0.6) is 5.88 Å². The van der Waals surface area contributed by atoms with Crippen LogP contribution in [0, 0.1) is 5.41 Å². The Balaban J connectivity index is 1.77. The number of carbonyl (C=O) groups is 1. The van der Waals surface area contributed by atoms with Gasteiger partial charge in [0.15, 0.2) is 5.82 Å². The van der Waals surface area contributed by atoms with E-state index in [-0.39, 0.29) is 17.6 Å².